The van der Waals surface area contributed by atoms with Crippen molar-refractivity contribution in [3.63, 3.8) is 0 Å². The Morgan fingerprint density at radius 2 is 1.19 bits per heavy atom. The van der Waals surface area contributed by atoms with E-state index in [1.807, 2.05) is 60.5 Å². The standard InChI is InChI=1S/C58H100N12O11/c1-17-18-19-20-23-39(61-50(76)44-24-21-29-70(44)51(77)43-33-81-38(8)60-43)46(72)62-41(31-36(4)5)48(74)66-56(11,12)53(79)64-40(30-35(2)3)47(73)63-42(32-37(6)7)49(75)67-57(13,14)54(80)68-55(9,10)52(78)59-28-25-45(71)65-58(26-22-27-58)34-69(15)16/h33,35-37,39-42,44H,17-32,34H2,1-16H3,(H,59,78)(H,61,76)(H,62,72)(H,63,73)(H,64,79)(H,65,71)(H,66,74)(H,67,75)(H,68,80)/t39-,40-,41-,42-,44-/m0/s1. The van der Waals surface area contributed by atoms with Crippen molar-refractivity contribution in [2.24, 2.45) is 17.8 Å². The molecular weight excluding hydrogens is 1040 g/mol. The summed E-state index contributed by atoms with van der Waals surface area (Å²) < 4.78 is 5.23. The number of carbonyl (C=O) groups is 10. The molecule has 2 aliphatic rings. The number of oxazole rings is 1. The lowest BCUT2D eigenvalue weighted by Crippen LogP contribution is -2.65. The van der Waals surface area contributed by atoms with Crippen LogP contribution >= 0.6 is 0 Å². The van der Waals surface area contributed by atoms with E-state index in [1.54, 1.807) is 6.92 Å². The molecule has 9 N–H and O–H groups in total. The Balaban J connectivity index is 1.70. The van der Waals surface area contributed by atoms with Crippen molar-refractivity contribution >= 4 is 59.1 Å². The van der Waals surface area contributed by atoms with E-state index >= 15 is 0 Å². The molecule has 0 spiro atoms. The van der Waals surface area contributed by atoms with E-state index in [0.29, 0.717) is 31.7 Å². The SMILES string of the molecule is CCCCCC[C@H](NC(=O)[C@@H]1CCCN1C(=O)c1coc(C)n1)C(=O)N[C@@H](CC(C)C)C(=O)NC(C)(C)C(=O)N[C@@H](CC(C)C)C(=O)N[C@@H](CC(C)C)C(=O)NC(C)(C)C(=O)NC(C)(C)C(=O)NCCC(=O)NC1(CN(C)C)CCC1. The lowest BCUT2D eigenvalue weighted by atomic mass is 9.76. The summed E-state index contributed by atoms with van der Waals surface area (Å²) >= 11 is 0. The summed E-state index contributed by atoms with van der Waals surface area (Å²) in [6, 6.07) is -5.36. The lowest BCUT2D eigenvalue weighted by Gasteiger charge is -2.44. The van der Waals surface area contributed by atoms with Crippen molar-refractivity contribution in [2.75, 3.05) is 33.7 Å². The third kappa shape index (κ3) is 21.9. The van der Waals surface area contributed by atoms with Gasteiger partial charge in [-0.3, -0.25) is 47.9 Å². The minimum Gasteiger partial charge on any atom is -0.448 e. The molecule has 5 atom stereocenters. The highest BCUT2D eigenvalue weighted by atomic mass is 16.3. The summed E-state index contributed by atoms with van der Waals surface area (Å²) in [5.41, 5.74) is -4.86. The number of aromatic nitrogens is 1. The van der Waals surface area contributed by atoms with Gasteiger partial charge >= 0.3 is 0 Å². The highest BCUT2D eigenvalue weighted by Gasteiger charge is 2.43. The van der Waals surface area contributed by atoms with Crippen LogP contribution in [0, 0.1) is 24.7 Å². The zero-order chi connectivity index (χ0) is 61.2. The van der Waals surface area contributed by atoms with E-state index in [-0.39, 0.29) is 73.5 Å². The minimum absolute atomic E-state index is 0.0464. The molecule has 0 radical (unpaired) electrons. The van der Waals surface area contributed by atoms with Gasteiger partial charge in [0, 0.05) is 33.0 Å². The first kappa shape index (κ1) is 69.1. The van der Waals surface area contributed by atoms with Gasteiger partial charge in [-0.2, -0.15) is 0 Å². The van der Waals surface area contributed by atoms with Crippen molar-refractivity contribution in [3.05, 3.63) is 17.8 Å². The molecule has 1 saturated heterocycles. The van der Waals surface area contributed by atoms with Crippen molar-refractivity contribution in [3.8, 4) is 0 Å². The number of rotatable bonds is 33. The third-order valence-electron chi connectivity index (χ3n) is 14.6. The fourth-order valence-corrected chi connectivity index (χ4v) is 10.00. The van der Waals surface area contributed by atoms with Crippen LogP contribution in [0.3, 0.4) is 0 Å². The van der Waals surface area contributed by atoms with Gasteiger partial charge in [0.25, 0.3) is 5.91 Å². The summed E-state index contributed by atoms with van der Waals surface area (Å²) in [5, 5.41) is 25.4. The summed E-state index contributed by atoms with van der Waals surface area (Å²) in [6.45, 7) is 24.8. The molecule has 2 heterocycles. The zero-order valence-electron chi connectivity index (χ0n) is 51.5. The highest BCUT2D eigenvalue weighted by Crippen LogP contribution is 2.32. The van der Waals surface area contributed by atoms with Gasteiger partial charge < -0.3 is 62.1 Å². The molecule has 10 amide bonds. The summed E-state index contributed by atoms with van der Waals surface area (Å²) in [6.07, 6.45) is 9.08. The van der Waals surface area contributed by atoms with Gasteiger partial charge in [0.1, 0.15) is 53.1 Å². The van der Waals surface area contributed by atoms with Crippen LogP contribution in [-0.4, -0.2) is 160 Å². The normalized spacial score (nSPS) is 16.8. The topological polar surface area (TPSA) is 311 Å². The Hall–Kier alpha value is -6.13. The van der Waals surface area contributed by atoms with Crippen molar-refractivity contribution < 1.29 is 52.4 Å². The summed E-state index contributed by atoms with van der Waals surface area (Å²) in [7, 11) is 3.91. The van der Waals surface area contributed by atoms with Crippen LogP contribution in [0.15, 0.2) is 10.7 Å². The first-order chi connectivity index (χ1) is 37.6. The predicted molar refractivity (Wildman–Crippen MR) is 308 cm³/mol. The molecule has 1 aliphatic carbocycles. The van der Waals surface area contributed by atoms with Crippen LogP contribution < -0.4 is 47.9 Å². The second-order valence-electron chi connectivity index (χ2n) is 25.6. The number of unbranched alkanes of at least 4 members (excludes halogenated alkanes) is 3. The molecule has 2 fully saturated rings. The number of aryl methyl sites for hydroxylation is 1. The number of likely N-dealkylation sites (N-methyl/N-ethyl adjacent to an activating group) is 1. The minimum atomic E-state index is -1.64. The number of amides is 10. The molecule has 458 valence electrons. The van der Waals surface area contributed by atoms with E-state index in [9.17, 15) is 47.9 Å². The number of likely N-dealkylation sites (tertiary alicyclic amines) is 1. The zero-order valence-corrected chi connectivity index (χ0v) is 51.5. The highest BCUT2D eigenvalue weighted by molar-refractivity contribution is 6.00. The second kappa shape index (κ2) is 30.8. The Labute approximate surface area is 481 Å². The molecule has 1 aromatic rings. The summed E-state index contributed by atoms with van der Waals surface area (Å²) in [4.78, 5) is 146. The van der Waals surface area contributed by atoms with E-state index in [0.717, 1.165) is 45.1 Å². The average molecular weight is 1140 g/mol. The van der Waals surface area contributed by atoms with Crippen LogP contribution in [0.25, 0.3) is 0 Å². The largest absolute Gasteiger partial charge is 0.448 e. The molecule has 0 aromatic carbocycles. The molecule has 1 saturated carbocycles. The van der Waals surface area contributed by atoms with Crippen molar-refractivity contribution in [1.29, 1.82) is 0 Å². The third-order valence-corrected chi connectivity index (χ3v) is 14.6. The second-order valence-corrected chi connectivity index (χ2v) is 25.6. The monoisotopic (exact) mass is 1140 g/mol. The first-order valence-corrected chi connectivity index (χ1v) is 29.3. The van der Waals surface area contributed by atoms with Crippen molar-refractivity contribution in [1.82, 2.24) is 62.6 Å². The van der Waals surface area contributed by atoms with Crippen LogP contribution in [0.2, 0.25) is 0 Å². The number of carbonyl (C=O) groups excluding carboxylic acids is 10. The van der Waals surface area contributed by atoms with Gasteiger partial charge in [-0.25, -0.2) is 4.98 Å². The Kier molecular flexibility index (Phi) is 26.3. The first-order valence-electron chi connectivity index (χ1n) is 29.3. The summed E-state index contributed by atoms with van der Waals surface area (Å²) in [5.74, 6) is -5.72. The van der Waals surface area contributed by atoms with Crippen LogP contribution in [0.5, 0.6) is 0 Å². The fourth-order valence-electron chi connectivity index (χ4n) is 10.00. The van der Waals surface area contributed by atoms with Crippen molar-refractivity contribution in [2.45, 2.75) is 239 Å². The van der Waals surface area contributed by atoms with Crippen LogP contribution in [-0.2, 0) is 43.2 Å². The van der Waals surface area contributed by atoms with E-state index in [4.69, 9.17) is 4.42 Å². The van der Waals surface area contributed by atoms with E-state index < -0.39 is 100.0 Å². The number of nitrogens with one attached hydrogen (secondary N) is 9. The molecule has 0 bridgehead atoms. The van der Waals surface area contributed by atoms with Gasteiger partial charge in [0.2, 0.25) is 53.2 Å². The number of nitrogens with zero attached hydrogens (tertiary/aromatic N) is 3. The predicted octanol–water partition coefficient (Wildman–Crippen LogP) is 3.43. The molecule has 23 heteroatoms. The van der Waals surface area contributed by atoms with Gasteiger partial charge in [0.05, 0.1) is 5.54 Å². The fraction of sp³-hybridized carbons (Fsp3) is 0.776. The quantitative estimate of drug-likeness (QED) is 0.0457. The van der Waals surface area contributed by atoms with Gasteiger partial charge in [-0.05, 0) is 131 Å². The van der Waals surface area contributed by atoms with Gasteiger partial charge in [-0.1, -0.05) is 74.1 Å². The van der Waals surface area contributed by atoms with Crippen LogP contribution in [0.1, 0.15) is 196 Å². The Morgan fingerprint density at radius 1 is 0.667 bits per heavy atom. The molecule has 0 unspecified atom stereocenters. The number of hydrogen-bond donors (Lipinski definition) is 9. The Morgan fingerprint density at radius 3 is 1.67 bits per heavy atom. The van der Waals surface area contributed by atoms with E-state index in [2.05, 4.69) is 59.8 Å². The number of hydrogen-bond acceptors (Lipinski definition) is 13. The molecule has 23 nitrogen and oxygen atoms in total. The molecule has 1 aliphatic heterocycles. The maximum Gasteiger partial charge on any atom is 0.276 e. The van der Waals surface area contributed by atoms with Crippen LogP contribution in [0.4, 0.5) is 0 Å². The van der Waals surface area contributed by atoms with Gasteiger partial charge in [-0.15, -0.1) is 0 Å². The molecule has 1 aromatic heterocycles. The smallest absolute Gasteiger partial charge is 0.276 e. The van der Waals surface area contributed by atoms with E-state index in [1.165, 1.54) is 52.7 Å². The maximum absolute atomic E-state index is 14.2. The Bertz CT molecular complexity index is 2340. The average Bonchev–Trinajstić information content (AvgIpc) is 4.12. The maximum atomic E-state index is 14.2. The lowest BCUT2D eigenvalue weighted by molar-refractivity contribution is -0.139. The molecule has 81 heavy (non-hydrogen) atoms. The molecule has 3 rings (SSSR count). The van der Waals surface area contributed by atoms with Gasteiger partial charge in [0.15, 0.2) is 11.6 Å². The molecular formula is C58H100N12O11.